The van der Waals surface area contributed by atoms with Gasteiger partial charge in [0.2, 0.25) is 0 Å². The van der Waals surface area contributed by atoms with Crippen molar-refractivity contribution in [1.29, 1.82) is 0 Å². The number of methoxy groups -OCH3 is 2. The van der Waals surface area contributed by atoms with Crippen molar-refractivity contribution in [2.75, 3.05) is 26.1 Å². The number of aromatic nitrogens is 2. The van der Waals surface area contributed by atoms with Crippen molar-refractivity contribution in [3.63, 3.8) is 0 Å². The second kappa shape index (κ2) is 11.8. The third kappa shape index (κ3) is 5.56. The minimum Gasteiger partial charge on any atom is -0.497 e. The van der Waals surface area contributed by atoms with Crippen LogP contribution in [0.3, 0.4) is 0 Å². The molecule has 0 saturated carbocycles. The summed E-state index contributed by atoms with van der Waals surface area (Å²) in [5.41, 5.74) is 1.43. The van der Waals surface area contributed by atoms with Crippen molar-refractivity contribution in [2.24, 2.45) is 0 Å². The molecule has 192 valence electrons. The zero-order valence-electron chi connectivity index (χ0n) is 20.8. The van der Waals surface area contributed by atoms with E-state index in [0.717, 1.165) is 22.4 Å². The number of nitrogens with one attached hydrogen (secondary N) is 1. The van der Waals surface area contributed by atoms with E-state index in [0.29, 0.717) is 5.82 Å². The smallest absolute Gasteiger partial charge is 0.349 e. The maximum Gasteiger partial charge on any atom is 0.349 e. The molecule has 0 aliphatic rings. The van der Waals surface area contributed by atoms with E-state index in [-0.39, 0.29) is 13.2 Å². The van der Waals surface area contributed by atoms with Gasteiger partial charge in [-0.25, -0.2) is 4.79 Å². The Labute approximate surface area is 215 Å². The molecule has 0 aliphatic carbocycles. The molecule has 0 amide bonds. The fourth-order valence-corrected chi connectivity index (χ4v) is 4.44. The third-order valence-electron chi connectivity index (χ3n) is 6.42. The Balaban J connectivity index is 1.81. The molecule has 4 aromatic rings. The van der Waals surface area contributed by atoms with E-state index in [1.807, 2.05) is 84.9 Å². The zero-order chi connectivity index (χ0) is 26.3. The molecule has 0 bridgehead atoms. The van der Waals surface area contributed by atoms with Gasteiger partial charge in [0, 0.05) is 13.3 Å². The van der Waals surface area contributed by atoms with Gasteiger partial charge in [0.25, 0.3) is 0 Å². The van der Waals surface area contributed by atoms with Gasteiger partial charge >= 0.3 is 5.69 Å². The number of nitrogens with zero attached hydrogens (tertiary/aromatic N) is 2. The van der Waals surface area contributed by atoms with Gasteiger partial charge in [0.1, 0.15) is 29.3 Å². The molecule has 8 nitrogen and oxygen atoms in total. The van der Waals surface area contributed by atoms with Gasteiger partial charge in [-0.1, -0.05) is 72.8 Å². The second-order valence-corrected chi connectivity index (χ2v) is 8.61. The second-order valence-electron chi connectivity index (χ2n) is 8.61. The lowest BCUT2D eigenvalue weighted by Gasteiger charge is -2.37. The van der Waals surface area contributed by atoms with Gasteiger partial charge < -0.3 is 25.0 Å². The minimum absolute atomic E-state index is 0.0633. The first-order chi connectivity index (χ1) is 18.0. The molecule has 8 heteroatoms. The molecule has 1 aromatic heterocycles. The van der Waals surface area contributed by atoms with E-state index in [2.05, 4.69) is 10.3 Å². The van der Waals surface area contributed by atoms with Crippen LogP contribution in [0.1, 0.15) is 16.7 Å². The van der Waals surface area contributed by atoms with Gasteiger partial charge in [0.05, 0.1) is 20.3 Å². The van der Waals surface area contributed by atoms with Crippen LogP contribution in [-0.2, 0) is 16.8 Å². The van der Waals surface area contributed by atoms with Crippen LogP contribution in [0.2, 0.25) is 0 Å². The highest BCUT2D eigenvalue weighted by atomic mass is 16.5. The van der Waals surface area contributed by atoms with E-state index in [1.54, 1.807) is 19.4 Å². The first kappa shape index (κ1) is 26.1. The summed E-state index contributed by atoms with van der Waals surface area (Å²) in [6.45, 7) is -0.426. The Kier molecular flexibility index (Phi) is 8.35. The van der Waals surface area contributed by atoms with Gasteiger partial charge in [-0.15, -0.1) is 0 Å². The van der Waals surface area contributed by atoms with Crippen LogP contribution in [0.5, 0.6) is 5.75 Å². The molecule has 2 atom stereocenters. The van der Waals surface area contributed by atoms with Crippen LogP contribution >= 0.6 is 0 Å². The average Bonchev–Trinajstić information content (AvgIpc) is 2.95. The van der Waals surface area contributed by atoms with Crippen LogP contribution in [0.15, 0.2) is 102 Å². The maximum atomic E-state index is 12.9. The predicted molar refractivity (Wildman–Crippen MR) is 142 cm³/mol. The monoisotopic (exact) mass is 501 g/mol. The molecule has 0 aliphatic heterocycles. The molecule has 3 N–H and O–H groups in total. The number of hydrogen-bond acceptors (Lipinski definition) is 7. The highest BCUT2D eigenvalue weighted by Crippen LogP contribution is 2.40. The first-order valence-corrected chi connectivity index (χ1v) is 11.9. The fourth-order valence-electron chi connectivity index (χ4n) is 4.44. The summed E-state index contributed by atoms with van der Waals surface area (Å²) in [4.78, 5) is 17.2. The molecule has 0 saturated heterocycles. The topological polar surface area (TPSA) is 106 Å². The Bertz CT molecular complexity index is 1280. The van der Waals surface area contributed by atoms with E-state index >= 15 is 0 Å². The molecule has 0 radical (unpaired) electrons. The lowest BCUT2D eigenvalue weighted by atomic mass is 9.77. The molecule has 4 rings (SSSR count). The number of anilines is 1. The summed E-state index contributed by atoms with van der Waals surface area (Å²) in [6.07, 6.45) is -0.302. The molecule has 3 aromatic carbocycles. The van der Waals surface area contributed by atoms with Crippen LogP contribution in [-0.4, -0.2) is 52.8 Å². The van der Waals surface area contributed by atoms with Crippen molar-refractivity contribution >= 4 is 5.82 Å². The summed E-state index contributed by atoms with van der Waals surface area (Å²) in [5.74, 6) is 1.10. The van der Waals surface area contributed by atoms with E-state index in [9.17, 15) is 15.0 Å². The lowest BCUT2D eigenvalue weighted by molar-refractivity contribution is -0.0475. The van der Waals surface area contributed by atoms with Crippen molar-refractivity contribution in [2.45, 2.75) is 24.3 Å². The molecule has 0 fully saturated rings. The number of hydrogen-bond donors (Lipinski definition) is 3. The van der Waals surface area contributed by atoms with Crippen LogP contribution in [0, 0.1) is 0 Å². The summed E-state index contributed by atoms with van der Waals surface area (Å²) >= 11 is 0. The van der Waals surface area contributed by atoms with Crippen molar-refractivity contribution in [3.05, 3.63) is 124 Å². The summed E-state index contributed by atoms with van der Waals surface area (Å²) in [6, 6.07) is 29.4. The fraction of sp³-hybridized carbons (Fsp3) is 0.241. The van der Waals surface area contributed by atoms with Crippen LogP contribution in [0.25, 0.3) is 0 Å². The van der Waals surface area contributed by atoms with Crippen molar-refractivity contribution in [1.82, 2.24) is 9.55 Å². The van der Waals surface area contributed by atoms with Gasteiger partial charge in [0.15, 0.2) is 0 Å². The standard InChI is InChI=1S/C29H31N3O5/c1-36-24-15-13-23(14-16-24)29(21-9-5-3-6-10-21,22-11-7-4-8-12-22)31-27-17-18-32(28(35)30-27)19-25(34)26(20-33)37-2/h3-18,25-26,33-34H,19-20H2,1-2H3,(H,30,31,35)/t25-,26?/m0/s1. The summed E-state index contributed by atoms with van der Waals surface area (Å²) < 4.78 is 11.7. The third-order valence-corrected chi connectivity index (χ3v) is 6.42. The van der Waals surface area contributed by atoms with Gasteiger partial charge in [-0.3, -0.25) is 4.57 Å². The van der Waals surface area contributed by atoms with Crippen LogP contribution in [0.4, 0.5) is 5.82 Å². The molecular weight excluding hydrogens is 470 g/mol. The van der Waals surface area contributed by atoms with E-state index in [1.165, 1.54) is 11.7 Å². The Hall–Kier alpha value is -3.98. The Morgan fingerprint density at radius 3 is 1.95 bits per heavy atom. The quantitative estimate of drug-likeness (QED) is 0.271. The number of benzene rings is 3. The molecule has 37 heavy (non-hydrogen) atoms. The molecule has 0 spiro atoms. The number of ether oxygens (including phenoxy) is 2. The Morgan fingerprint density at radius 1 is 0.892 bits per heavy atom. The number of aliphatic hydroxyl groups is 2. The number of rotatable bonds is 11. The molecule has 1 unspecified atom stereocenters. The number of aliphatic hydroxyl groups excluding tert-OH is 2. The first-order valence-electron chi connectivity index (χ1n) is 11.9. The normalized spacial score (nSPS) is 13.1. The largest absolute Gasteiger partial charge is 0.497 e. The zero-order valence-corrected chi connectivity index (χ0v) is 20.8. The molecule has 1 heterocycles. The molecular formula is C29H31N3O5. The predicted octanol–water partition coefficient (Wildman–Crippen LogP) is 3.02. The SMILES string of the molecule is COc1ccc(C(Nc2ccn(C[C@H](O)C(CO)OC)c(=O)n2)(c2ccccc2)c2ccccc2)cc1. The van der Waals surface area contributed by atoms with E-state index in [4.69, 9.17) is 9.47 Å². The lowest BCUT2D eigenvalue weighted by Crippen LogP contribution is -2.40. The maximum absolute atomic E-state index is 12.9. The van der Waals surface area contributed by atoms with Crippen molar-refractivity contribution in [3.8, 4) is 5.75 Å². The summed E-state index contributed by atoms with van der Waals surface area (Å²) in [7, 11) is 3.02. The van der Waals surface area contributed by atoms with Gasteiger partial charge in [-0.05, 0) is 34.9 Å². The highest BCUT2D eigenvalue weighted by molar-refractivity contribution is 5.58. The average molecular weight is 502 g/mol. The van der Waals surface area contributed by atoms with E-state index < -0.39 is 23.4 Å². The highest BCUT2D eigenvalue weighted by Gasteiger charge is 2.37. The minimum atomic E-state index is -1.07. The van der Waals surface area contributed by atoms with Crippen LogP contribution < -0.4 is 15.7 Å². The van der Waals surface area contributed by atoms with Crippen molar-refractivity contribution < 1.29 is 19.7 Å². The summed E-state index contributed by atoms with van der Waals surface area (Å²) in [5, 5.41) is 23.3. The van der Waals surface area contributed by atoms with Gasteiger partial charge in [-0.2, -0.15) is 4.98 Å². The Morgan fingerprint density at radius 2 is 1.46 bits per heavy atom.